The zero-order valence-corrected chi connectivity index (χ0v) is 10.2. The monoisotopic (exact) mass is 225 g/mol. The van der Waals surface area contributed by atoms with E-state index in [1.807, 2.05) is 6.92 Å². The van der Waals surface area contributed by atoms with Crippen LogP contribution in [-0.2, 0) is 4.74 Å². The van der Waals surface area contributed by atoms with E-state index in [4.69, 9.17) is 4.74 Å². The van der Waals surface area contributed by atoms with E-state index in [1.165, 1.54) is 6.07 Å². The van der Waals surface area contributed by atoms with Gasteiger partial charge in [0.15, 0.2) is 0 Å². The minimum atomic E-state index is -0.213. The highest BCUT2D eigenvalue weighted by molar-refractivity contribution is 5.46. The first-order chi connectivity index (χ1) is 7.59. The standard InChI is InChI=1S/C13H20FNO/c1-10(2)9-16-7-6-15-13-8-11(3)4-5-12(13)14/h4-5,8,10,15H,6-7,9H2,1-3H3. The van der Waals surface area contributed by atoms with Crippen LogP contribution in [0.15, 0.2) is 18.2 Å². The van der Waals surface area contributed by atoms with Crippen LogP contribution in [0.3, 0.4) is 0 Å². The van der Waals surface area contributed by atoms with E-state index in [2.05, 4.69) is 19.2 Å². The van der Waals surface area contributed by atoms with Crippen molar-refractivity contribution >= 4 is 5.69 Å². The Morgan fingerprint density at radius 1 is 1.38 bits per heavy atom. The summed E-state index contributed by atoms with van der Waals surface area (Å²) < 4.78 is 18.7. The second kappa shape index (κ2) is 6.48. The molecule has 90 valence electrons. The van der Waals surface area contributed by atoms with Crippen LogP contribution in [0.2, 0.25) is 0 Å². The van der Waals surface area contributed by atoms with E-state index in [0.29, 0.717) is 24.8 Å². The van der Waals surface area contributed by atoms with Gasteiger partial charge in [0.05, 0.1) is 12.3 Å². The Kier molecular flexibility index (Phi) is 5.26. The fraction of sp³-hybridized carbons (Fsp3) is 0.538. The van der Waals surface area contributed by atoms with Crippen LogP contribution >= 0.6 is 0 Å². The number of ether oxygens (including phenoxy) is 1. The highest BCUT2D eigenvalue weighted by atomic mass is 19.1. The topological polar surface area (TPSA) is 21.3 Å². The second-order valence-corrected chi connectivity index (χ2v) is 4.38. The Bertz CT molecular complexity index is 326. The molecule has 2 nitrogen and oxygen atoms in total. The molecule has 1 rings (SSSR count). The van der Waals surface area contributed by atoms with Gasteiger partial charge in [-0.25, -0.2) is 4.39 Å². The summed E-state index contributed by atoms with van der Waals surface area (Å²) in [7, 11) is 0. The van der Waals surface area contributed by atoms with Gasteiger partial charge in [0.1, 0.15) is 5.82 Å². The number of benzene rings is 1. The summed E-state index contributed by atoms with van der Waals surface area (Å²) in [5.41, 5.74) is 1.60. The molecule has 0 spiro atoms. The number of nitrogens with one attached hydrogen (secondary N) is 1. The maximum Gasteiger partial charge on any atom is 0.146 e. The van der Waals surface area contributed by atoms with E-state index in [0.717, 1.165) is 12.2 Å². The summed E-state index contributed by atoms with van der Waals surface area (Å²) in [6.45, 7) is 8.14. The summed E-state index contributed by atoms with van der Waals surface area (Å²) in [4.78, 5) is 0. The molecule has 0 fully saturated rings. The molecular formula is C13H20FNO. The summed E-state index contributed by atoms with van der Waals surface area (Å²) in [6, 6.07) is 5.04. The summed E-state index contributed by atoms with van der Waals surface area (Å²) in [5.74, 6) is 0.324. The van der Waals surface area contributed by atoms with E-state index in [9.17, 15) is 4.39 Å². The highest BCUT2D eigenvalue weighted by Gasteiger charge is 2.01. The first-order valence-electron chi connectivity index (χ1n) is 5.67. The number of halogens is 1. The minimum absolute atomic E-state index is 0.213. The number of hydrogen-bond acceptors (Lipinski definition) is 2. The van der Waals surface area contributed by atoms with Gasteiger partial charge in [-0.05, 0) is 30.5 Å². The molecule has 0 aromatic heterocycles. The molecule has 0 bridgehead atoms. The molecule has 0 amide bonds. The molecule has 0 atom stereocenters. The summed E-state index contributed by atoms with van der Waals surface area (Å²) in [5, 5.41) is 3.03. The fourth-order valence-electron chi connectivity index (χ4n) is 1.35. The second-order valence-electron chi connectivity index (χ2n) is 4.38. The smallest absolute Gasteiger partial charge is 0.146 e. The van der Waals surface area contributed by atoms with E-state index < -0.39 is 0 Å². The highest BCUT2D eigenvalue weighted by Crippen LogP contribution is 2.14. The molecule has 0 unspecified atom stereocenters. The Hall–Kier alpha value is -1.09. The predicted octanol–water partition coefficient (Wildman–Crippen LogP) is 3.22. The van der Waals surface area contributed by atoms with Gasteiger partial charge in [0.2, 0.25) is 0 Å². The van der Waals surface area contributed by atoms with Gasteiger partial charge in [0, 0.05) is 13.2 Å². The zero-order valence-electron chi connectivity index (χ0n) is 10.2. The molecule has 16 heavy (non-hydrogen) atoms. The van der Waals surface area contributed by atoms with Crippen molar-refractivity contribution in [2.75, 3.05) is 25.1 Å². The lowest BCUT2D eigenvalue weighted by Gasteiger charge is -2.10. The van der Waals surface area contributed by atoms with Crippen molar-refractivity contribution in [2.24, 2.45) is 5.92 Å². The minimum Gasteiger partial charge on any atom is -0.380 e. The Balaban J connectivity index is 2.29. The number of anilines is 1. The third-order valence-electron chi connectivity index (χ3n) is 2.13. The van der Waals surface area contributed by atoms with Gasteiger partial charge in [-0.3, -0.25) is 0 Å². The summed E-state index contributed by atoms with van der Waals surface area (Å²) in [6.07, 6.45) is 0. The van der Waals surface area contributed by atoms with Gasteiger partial charge in [-0.2, -0.15) is 0 Å². The zero-order chi connectivity index (χ0) is 12.0. The first kappa shape index (κ1) is 13.0. The van der Waals surface area contributed by atoms with E-state index in [-0.39, 0.29) is 5.82 Å². The van der Waals surface area contributed by atoms with Crippen LogP contribution in [0.1, 0.15) is 19.4 Å². The maximum absolute atomic E-state index is 13.3. The number of rotatable bonds is 6. The number of hydrogen-bond donors (Lipinski definition) is 1. The number of aryl methyl sites for hydroxylation is 1. The van der Waals surface area contributed by atoms with Crippen molar-refractivity contribution in [3.05, 3.63) is 29.6 Å². The lowest BCUT2D eigenvalue weighted by Crippen LogP contribution is -2.12. The maximum atomic E-state index is 13.3. The third-order valence-corrected chi connectivity index (χ3v) is 2.13. The van der Waals surface area contributed by atoms with Crippen LogP contribution in [0, 0.1) is 18.7 Å². The van der Waals surface area contributed by atoms with Crippen molar-refractivity contribution in [1.29, 1.82) is 0 Å². The molecule has 1 aromatic rings. The molecule has 0 radical (unpaired) electrons. The third kappa shape index (κ3) is 4.62. The van der Waals surface area contributed by atoms with Gasteiger partial charge >= 0.3 is 0 Å². The lowest BCUT2D eigenvalue weighted by molar-refractivity contribution is 0.118. The lowest BCUT2D eigenvalue weighted by atomic mass is 10.2. The quantitative estimate of drug-likeness (QED) is 0.750. The first-order valence-corrected chi connectivity index (χ1v) is 5.67. The molecule has 3 heteroatoms. The average Bonchev–Trinajstić information content (AvgIpc) is 2.22. The van der Waals surface area contributed by atoms with Crippen molar-refractivity contribution in [2.45, 2.75) is 20.8 Å². The Morgan fingerprint density at radius 3 is 2.81 bits per heavy atom. The predicted molar refractivity (Wildman–Crippen MR) is 65.3 cm³/mol. The van der Waals surface area contributed by atoms with Crippen LogP contribution in [0.25, 0.3) is 0 Å². The van der Waals surface area contributed by atoms with Crippen LogP contribution in [0.5, 0.6) is 0 Å². The summed E-state index contributed by atoms with van der Waals surface area (Å²) >= 11 is 0. The van der Waals surface area contributed by atoms with E-state index >= 15 is 0 Å². The largest absolute Gasteiger partial charge is 0.380 e. The molecule has 0 heterocycles. The van der Waals surface area contributed by atoms with Crippen molar-refractivity contribution in [3.63, 3.8) is 0 Å². The molecule has 0 aliphatic rings. The van der Waals surface area contributed by atoms with Crippen LogP contribution < -0.4 is 5.32 Å². The van der Waals surface area contributed by atoms with E-state index in [1.54, 1.807) is 12.1 Å². The molecule has 0 saturated carbocycles. The van der Waals surface area contributed by atoms with Gasteiger partial charge in [-0.15, -0.1) is 0 Å². The SMILES string of the molecule is Cc1ccc(F)c(NCCOCC(C)C)c1. The van der Waals surface area contributed by atoms with Crippen molar-refractivity contribution < 1.29 is 9.13 Å². The molecule has 1 N–H and O–H groups in total. The molecule has 1 aromatic carbocycles. The normalized spacial score (nSPS) is 10.8. The van der Waals surface area contributed by atoms with Gasteiger partial charge in [0.25, 0.3) is 0 Å². The van der Waals surface area contributed by atoms with Gasteiger partial charge in [-0.1, -0.05) is 19.9 Å². The molecule has 0 aliphatic carbocycles. The van der Waals surface area contributed by atoms with Crippen molar-refractivity contribution in [3.8, 4) is 0 Å². The molecule has 0 saturated heterocycles. The van der Waals surface area contributed by atoms with Crippen molar-refractivity contribution in [1.82, 2.24) is 0 Å². The molecular weight excluding hydrogens is 205 g/mol. The molecule has 0 aliphatic heterocycles. The fourth-order valence-corrected chi connectivity index (χ4v) is 1.35. The average molecular weight is 225 g/mol. The van der Waals surface area contributed by atoms with Crippen LogP contribution in [-0.4, -0.2) is 19.8 Å². The van der Waals surface area contributed by atoms with Gasteiger partial charge < -0.3 is 10.1 Å². The van der Waals surface area contributed by atoms with Crippen LogP contribution in [0.4, 0.5) is 10.1 Å². The Labute approximate surface area is 96.8 Å². The Morgan fingerprint density at radius 2 is 2.12 bits per heavy atom.